The topological polar surface area (TPSA) is 47.6 Å². The lowest BCUT2D eigenvalue weighted by atomic mass is 9.96. The van der Waals surface area contributed by atoms with Crippen LogP contribution in [0.15, 0.2) is 30.3 Å². The van der Waals surface area contributed by atoms with Crippen LogP contribution in [0.25, 0.3) is 10.8 Å². The molecule has 4 heteroatoms. The molecule has 0 spiro atoms. The number of benzene rings is 2. The third-order valence-corrected chi connectivity index (χ3v) is 3.60. The Morgan fingerprint density at radius 1 is 1.35 bits per heavy atom. The molecular formula is C16H17NO3. The molecule has 1 atom stereocenters. The number of ether oxygens (including phenoxy) is 2. The Morgan fingerprint density at radius 2 is 2.15 bits per heavy atom. The highest BCUT2D eigenvalue weighted by atomic mass is 16.5. The highest BCUT2D eigenvalue weighted by Gasteiger charge is 2.22. The summed E-state index contributed by atoms with van der Waals surface area (Å²) in [5.41, 5.74) is 1.13. The molecule has 3 rings (SSSR count). The Labute approximate surface area is 117 Å². The molecule has 0 radical (unpaired) electrons. The number of carbonyl (C=O) groups is 1. The zero-order valence-corrected chi connectivity index (χ0v) is 11.6. The van der Waals surface area contributed by atoms with Crippen molar-refractivity contribution in [2.75, 3.05) is 13.7 Å². The van der Waals surface area contributed by atoms with E-state index in [-0.39, 0.29) is 11.9 Å². The summed E-state index contributed by atoms with van der Waals surface area (Å²) in [7, 11) is 1.66. The predicted molar refractivity (Wildman–Crippen MR) is 77.3 cm³/mol. The van der Waals surface area contributed by atoms with E-state index in [2.05, 4.69) is 5.32 Å². The molecule has 2 aromatic rings. The van der Waals surface area contributed by atoms with Gasteiger partial charge in [0.05, 0.1) is 13.2 Å². The minimum Gasteiger partial charge on any atom is -0.497 e. The van der Waals surface area contributed by atoms with Crippen molar-refractivity contribution in [3.8, 4) is 11.5 Å². The number of methoxy groups -OCH3 is 1. The van der Waals surface area contributed by atoms with Crippen LogP contribution < -0.4 is 14.8 Å². The third-order valence-electron chi connectivity index (χ3n) is 3.60. The van der Waals surface area contributed by atoms with E-state index in [1.165, 1.54) is 6.92 Å². The smallest absolute Gasteiger partial charge is 0.217 e. The van der Waals surface area contributed by atoms with Gasteiger partial charge in [0.25, 0.3) is 0 Å². The van der Waals surface area contributed by atoms with Gasteiger partial charge >= 0.3 is 0 Å². The molecular weight excluding hydrogens is 254 g/mol. The quantitative estimate of drug-likeness (QED) is 0.911. The van der Waals surface area contributed by atoms with E-state index in [1.54, 1.807) is 7.11 Å². The zero-order chi connectivity index (χ0) is 14.1. The summed E-state index contributed by atoms with van der Waals surface area (Å²) < 4.78 is 11.1. The van der Waals surface area contributed by atoms with Crippen LogP contribution in [0.1, 0.15) is 12.5 Å². The average molecular weight is 271 g/mol. The van der Waals surface area contributed by atoms with Gasteiger partial charge in [-0.3, -0.25) is 4.79 Å². The number of fused-ring (bicyclic) bond motifs is 3. The Bertz CT molecular complexity index is 661. The summed E-state index contributed by atoms with van der Waals surface area (Å²) in [5.74, 6) is 1.69. The first-order chi connectivity index (χ1) is 9.67. The average Bonchev–Trinajstić information content (AvgIpc) is 2.46. The molecule has 104 valence electrons. The fourth-order valence-electron chi connectivity index (χ4n) is 2.69. The molecule has 4 nitrogen and oxygen atoms in total. The Hall–Kier alpha value is -2.23. The largest absolute Gasteiger partial charge is 0.497 e. The minimum absolute atomic E-state index is 0.0248. The van der Waals surface area contributed by atoms with Gasteiger partial charge in [-0.1, -0.05) is 12.1 Å². The molecule has 0 unspecified atom stereocenters. The number of rotatable bonds is 2. The number of carbonyl (C=O) groups excluding carboxylic acids is 1. The molecule has 0 aliphatic carbocycles. The summed E-state index contributed by atoms with van der Waals surface area (Å²) in [5, 5.41) is 5.19. The lowest BCUT2D eigenvalue weighted by Crippen LogP contribution is -2.41. The van der Waals surface area contributed by atoms with Crippen molar-refractivity contribution in [1.29, 1.82) is 0 Å². The van der Waals surface area contributed by atoms with Gasteiger partial charge < -0.3 is 14.8 Å². The lowest BCUT2D eigenvalue weighted by Gasteiger charge is -2.27. The lowest BCUT2D eigenvalue weighted by molar-refractivity contribution is -0.119. The molecule has 1 amide bonds. The van der Waals surface area contributed by atoms with Crippen LogP contribution in [-0.4, -0.2) is 25.7 Å². The first-order valence-electron chi connectivity index (χ1n) is 6.67. The second kappa shape index (κ2) is 5.04. The normalized spacial score (nSPS) is 17.2. The van der Waals surface area contributed by atoms with Gasteiger partial charge in [0.1, 0.15) is 18.1 Å². The maximum atomic E-state index is 11.2. The van der Waals surface area contributed by atoms with E-state index in [9.17, 15) is 4.79 Å². The number of hydrogen-bond acceptors (Lipinski definition) is 3. The fourth-order valence-corrected chi connectivity index (χ4v) is 2.69. The van der Waals surface area contributed by atoms with Gasteiger partial charge in [-0.05, 0) is 29.0 Å². The van der Waals surface area contributed by atoms with E-state index in [0.717, 1.165) is 34.3 Å². The molecule has 0 saturated heterocycles. The molecule has 1 heterocycles. The minimum atomic E-state index is -0.0279. The first-order valence-corrected chi connectivity index (χ1v) is 6.67. The summed E-state index contributed by atoms with van der Waals surface area (Å²) in [6.07, 6.45) is 0.777. The molecule has 1 aliphatic rings. The molecule has 0 saturated carbocycles. The van der Waals surface area contributed by atoms with Crippen molar-refractivity contribution in [1.82, 2.24) is 5.32 Å². The predicted octanol–water partition coefficient (Wildman–Crippen LogP) is 2.29. The van der Waals surface area contributed by atoms with Crippen LogP contribution in [0.3, 0.4) is 0 Å². The van der Waals surface area contributed by atoms with Crippen molar-refractivity contribution in [3.05, 3.63) is 35.9 Å². The molecule has 0 fully saturated rings. The maximum Gasteiger partial charge on any atom is 0.217 e. The fraction of sp³-hybridized carbons (Fsp3) is 0.312. The van der Waals surface area contributed by atoms with Gasteiger partial charge in [-0.15, -0.1) is 0 Å². The van der Waals surface area contributed by atoms with Crippen molar-refractivity contribution in [2.45, 2.75) is 19.4 Å². The van der Waals surface area contributed by atoms with Crippen LogP contribution in [0.2, 0.25) is 0 Å². The molecule has 0 aromatic heterocycles. The van der Waals surface area contributed by atoms with Crippen LogP contribution in [-0.2, 0) is 11.2 Å². The van der Waals surface area contributed by atoms with E-state index in [1.807, 2.05) is 30.3 Å². The second-order valence-electron chi connectivity index (χ2n) is 5.04. The SMILES string of the molecule is COc1ccc2ccc3c(c2c1)C[C@H](NC(C)=O)CO3. The number of hydrogen-bond donors (Lipinski definition) is 1. The highest BCUT2D eigenvalue weighted by Crippen LogP contribution is 2.34. The maximum absolute atomic E-state index is 11.2. The molecule has 20 heavy (non-hydrogen) atoms. The monoisotopic (exact) mass is 271 g/mol. The van der Waals surface area contributed by atoms with Gasteiger partial charge in [-0.25, -0.2) is 0 Å². The third kappa shape index (κ3) is 2.29. The first kappa shape index (κ1) is 12.8. The molecule has 0 bridgehead atoms. The number of nitrogens with one attached hydrogen (secondary N) is 1. The van der Waals surface area contributed by atoms with Crippen LogP contribution in [0.5, 0.6) is 11.5 Å². The van der Waals surface area contributed by atoms with Gasteiger partial charge in [0, 0.05) is 18.9 Å². The van der Waals surface area contributed by atoms with Crippen LogP contribution in [0, 0.1) is 0 Å². The summed E-state index contributed by atoms with van der Waals surface area (Å²) in [6, 6.07) is 10.1. The van der Waals surface area contributed by atoms with E-state index in [0.29, 0.717) is 6.61 Å². The second-order valence-corrected chi connectivity index (χ2v) is 5.04. The molecule has 2 aromatic carbocycles. The van der Waals surface area contributed by atoms with E-state index >= 15 is 0 Å². The van der Waals surface area contributed by atoms with Crippen molar-refractivity contribution in [2.24, 2.45) is 0 Å². The van der Waals surface area contributed by atoms with Gasteiger partial charge in [0.2, 0.25) is 5.91 Å². The standard InChI is InChI=1S/C16H17NO3/c1-10(18)17-12-7-15-14-8-13(19-2)5-3-11(14)4-6-16(15)20-9-12/h3-6,8,12H,7,9H2,1-2H3,(H,17,18)/t12-/m0/s1. The van der Waals surface area contributed by atoms with E-state index < -0.39 is 0 Å². The summed E-state index contributed by atoms with van der Waals surface area (Å²) in [4.78, 5) is 11.2. The zero-order valence-electron chi connectivity index (χ0n) is 11.6. The van der Waals surface area contributed by atoms with Gasteiger partial charge in [-0.2, -0.15) is 0 Å². The van der Waals surface area contributed by atoms with Crippen molar-refractivity contribution in [3.63, 3.8) is 0 Å². The van der Waals surface area contributed by atoms with Crippen molar-refractivity contribution >= 4 is 16.7 Å². The Kier molecular flexibility index (Phi) is 3.22. The molecule has 1 aliphatic heterocycles. The van der Waals surface area contributed by atoms with Crippen LogP contribution in [0.4, 0.5) is 0 Å². The Balaban J connectivity index is 2.04. The Morgan fingerprint density at radius 3 is 2.90 bits per heavy atom. The highest BCUT2D eigenvalue weighted by molar-refractivity contribution is 5.89. The summed E-state index contributed by atoms with van der Waals surface area (Å²) in [6.45, 7) is 2.05. The molecule has 1 N–H and O–H groups in total. The van der Waals surface area contributed by atoms with Crippen molar-refractivity contribution < 1.29 is 14.3 Å². The number of amides is 1. The van der Waals surface area contributed by atoms with E-state index in [4.69, 9.17) is 9.47 Å². The summed E-state index contributed by atoms with van der Waals surface area (Å²) >= 11 is 0. The van der Waals surface area contributed by atoms with Gasteiger partial charge in [0.15, 0.2) is 0 Å². The van der Waals surface area contributed by atoms with Crippen LogP contribution >= 0.6 is 0 Å².